The average Bonchev–Trinajstić information content (AvgIpc) is 3.23. The van der Waals surface area contributed by atoms with Gasteiger partial charge in [-0.25, -0.2) is 0 Å². The molecule has 1 saturated heterocycles. The maximum absolute atomic E-state index is 12.8. The molecule has 0 spiro atoms. The Morgan fingerprint density at radius 2 is 1.62 bits per heavy atom. The molecule has 4 heteroatoms. The summed E-state index contributed by atoms with van der Waals surface area (Å²) in [7, 11) is 0. The number of benzene rings is 3. The molecule has 29 heavy (non-hydrogen) atoms. The highest BCUT2D eigenvalue weighted by Gasteiger charge is 2.30. The maximum Gasteiger partial charge on any atom is 0.237 e. The van der Waals surface area contributed by atoms with Gasteiger partial charge >= 0.3 is 0 Å². The van der Waals surface area contributed by atoms with E-state index < -0.39 is 0 Å². The smallest absolute Gasteiger partial charge is 0.237 e. The summed E-state index contributed by atoms with van der Waals surface area (Å²) in [6, 6.07) is 26.5. The van der Waals surface area contributed by atoms with Crippen LogP contribution in [0.1, 0.15) is 24.0 Å². The van der Waals surface area contributed by atoms with Gasteiger partial charge in [0.2, 0.25) is 5.91 Å². The lowest BCUT2D eigenvalue weighted by atomic mass is 10.0. The molecule has 0 radical (unpaired) electrons. The zero-order valence-corrected chi connectivity index (χ0v) is 17.1. The van der Waals surface area contributed by atoms with Crippen LogP contribution in [0.3, 0.4) is 0 Å². The van der Waals surface area contributed by atoms with Crippen LogP contribution < -0.4 is 5.32 Å². The molecule has 0 bridgehead atoms. The Morgan fingerprint density at radius 1 is 0.931 bits per heavy atom. The fourth-order valence-corrected chi connectivity index (χ4v) is 4.11. The van der Waals surface area contributed by atoms with Crippen LogP contribution in [-0.2, 0) is 17.9 Å². The second-order valence-electron chi connectivity index (χ2n) is 7.50. The highest BCUT2D eigenvalue weighted by Crippen LogP contribution is 2.24. The molecule has 3 nitrogen and oxygen atoms in total. The van der Waals surface area contributed by atoms with Crippen LogP contribution in [0.25, 0.3) is 11.1 Å². The van der Waals surface area contributed by atoms with E-state index in [2.05, 4.69) is 46.6 Å². The quantitative estimate of drug-likeness (QED) is 0.605. The highest BCUT2D eigenvalue weighted by molar-refractivity contribution is 6.31. The Morgan fingerprint density at radius 3 is 2.38 bits per heavy atom. The summed E-state index contributed by atoms with van der Waals surface area (Å²) in [5, 5.41) is 3.88. The summed E-state index contributed by atoms with van der Waals surface area (Å²) >= 11 is 6.30. The van der Waals surface area contributed by atoms with Crippen molar-refractivity contribution >= 4 is 17.5 Å². The van der Waals surface area contributed by atoms with Gasteiger partial charge in [0.25, 0.3) is 0 Å². The molecular formula is C25H25ClN2O. The molecule has 1 aliphatic rings. The molecule has 4 rings (SSSR count). The average molecular weight is 405 g/mol. The van der Waals surface area contributed by atoms with Gasteiger partial charge < -0.3 is 5.32 Å². The van der Waals surface area contributed by atoms with Gasteiger partial charge in [0.05, 0.1) is 6.04 Å². The number of amides is 1. The van der Waals surface area contributed by atoms with Crippen LogP contribution in [0.15, 0.2) is 78.9 Å². The predicted molar refractivity (Wildman–Crippen MR) is 119 cm³/mol. The van der Waals surface area contributed by atoms with E-state index >= 15 is 0 Å². The second-order valence-corrected chi connectivity index (χ2v) is 7.91. The monoisotopic (exact) mass is 404 g/mol. The van der Waals surface area contributed by atoms with Gasteiger partial charge in [-0.2, -0.15) is 0 Å². The summed E-state index contributed by atoms with van der Waals surface area (Å²) in [5.74, 6) is 0.0988. The summed E-state index contributed by atoms with van der Waals surface area (Å²) in [6.07, 6.45) is 1.93. The molecule has 1 unspecified atom stereocenters. The Balaban J connectivity index is 1.34. The fraction of sp³-hybridized carbons (Fsp3) is 0.240. The lowest BCUT2D eigenvalue weighted by molar-refractivity contribution is -0.125. The van der Waals surface area contributed by atoms with Gasteiger partial charge in [-0.1, -0.05) is 84.4 Å². The number of nitrogens with zero attached hydrogens (tertiary/aromatic N) is 1. The van der Waals surface area contributed by atoms with E-state index in [1.165, 1.54) is 11.1 Å². The summed E-state index contributed by atoms with van der Waals surface area (Å²) in [5.41, 5.74) is 4.56. The van der Waals surface area contributed by atoms with E-state index in [-0.39, 0.29) is 11.9 Å². The Hall–Kier alpha value is -2.62. The molecular weight excluding hydrogens is 380 g/mol. The summed E-state index contributed by atoms with van der Waals surface area (Å²) < 4.78 is 0. The van der Waals surface area contributed by atoms with Crippen molar-refractivity contribution < 1.29 is 4.79 Å². The van der Waals surface area contributed by atoms with Crippen LogP contribution in [-0.4, -0.2) is 23.4 Å². The minimum absolute atomic E-state index is 0.0881. The fourth-order valence-electron chi connectivity index (χ4n) is 3.91. The van der Waals surface area contributed by atoms with Crippen LogP contribution in [0.5, 0.6) is 0 Å². The van der Waals surface area contributed by atoms with Crippen molar-refractivity contribution in [1.82, 2.24) is 10.2 Å². The minimum Gasteiger partial charge on any atom is -0.351 e. The number of nitrogens with one attached hydrogen (secondary N) is 1. The molecule has 0 saturated carbocycles. The first-order valence-corrected chi connectivity index (χ1v) is 10.5. The van der Waals surface area contributed by atoms with Crippen molar-refractivity contribution in [2.45, 2.75) is 32.0 Å². The van der Waals surface area contributed by atoms with Crippen LogP contribution in [0.4, 0.5) is 0 Å². The molecule has 1 heterocycles. The topological polar surface area (TPSA) is 32.3 Å². The van der Waals surface area contributed by atoms with Crippen molar-refractivity contribution in [2.24, 2.45) is 0 Å². The van der Waals surface area contributed by atoms with E-state index in [0.29, 0.717) is 13.1 Å². The summed E-state index contributed by atoms with van der Waals surface area (Å²) in [6.45, 7) is 2.18. The molecule has 1 atom stereocenters. The zero-order chi connectivity index (χ0) is 20.1. The standard InChI is InChI=1S/C25H25ClN2O/c26-23-10-5-4-9-22(23)18-28-16-6-11-24(28)25(29)27-17-19-12-14-21(15-13-19)20-7-2-1-3-8-20/h1-5,7-10,12-15,24H,6,11,16-18H2,(H,27,29). The number of hydrogen-bond acceptors (Lipinski definition) is 2. The van der Waals surface area contributed by atoms with Crippen molar-refractivity contribution in [3.63, 3.8) is 0 Å². The van der Waals surface area contributed by atoms with Crippen molar-refractivity contribution in [3.05, 3.63) is 95.0 Å². The molecule has 3 aromatic carbocycles. The number of hydrogen-bond donors (Lipinski definition) is 1. The zero-order valence-electron chi connectivity index (χ0n) is 16.4. The van der Waals surface area contributed by atoms with Gasteiger partial charge in [-0.05, 0) is 47.7 Å². The molecule has 0 aromatic heterocycles. The first kappa shape index (κ1) is 19.7. The Bertz CT molecular complexity index is 956. The molecule has 148 valence electrons. The van der Waals surface area contributed by atoms with Crippen LogP contribution in [0, 0.1) is 0 Å². The van der Waals surface area contributed by atoms with E-state index in [1.807, 2.05) is 42.5 Å². The van der Waals surface area contributed by atoms with Gasteiger partial charge in [0.1, 0.15) is 0 Å². The molecule has 3 aromatic rings. The van der Waals surface area contributed by atoms with Crippen molar-refractivity contribution in [1.29, 1.82) is 0 Å². The van der Waals surface area contributed by atoms with E-state index in [4.69, 9.17) is 11.6 Å². The lowest BCUT2D eigenvalue weighted by Crippen LogP contribution is -2.42. The largest absolute Gasteiger partial charge is 0.351 e. The van der Waals surface area contributed by atoms with E-state index in [9.17, 15) is 4.79 Å². The minimum atomic E-state index is -0.0881. The third-order valence-corrected chi connectivity index (χ3v) is 5.89. The molecule has 1 aliphatic heterocycles. The third kappa shape index (κ3) is 4.87. The predicted octanol–water partition coefficient (Wildman–Crippen LogP) is 5.29. The van der Waals surface area contributed by atoms with Crippen LogP contribution >= 0.6 is 11.6 Å². The van der Waals surface area contributed by atoms with Gasteiger partial charge in [0.15, 0.2) is 0 Å². The maximum atomic E-state index is 12.8. The number of likely N-dealkylation sites (tertiary alicyclic amines) is 1. The van der Waals surface area contributed by atoms with Crippen molar-refractivity contribution in [3.8, 4) is 11.1 Å². The van der Waals surface area contributed by atoms with Gasteiger partial charge in [-0.15, -0.1) is 0 Å². The normalized spacial score (nSPS) is 16.7. The lowest BCUT2D eigenvalue weighted by Gasteiger charge is -2.24. The molecule has 1 N–H and O–H groups in total. The number of rotatable bonds is 6. The van der Waals surface area contributed by atoms with Crippen LogP contribution in [0.2, 0.25) is 5.02 Å². The molecule has 0 aliphatic carbocycles. The Labute approximate surface area is 177 Å². The Kier molecular flexibility index (Phi) is 6.28. The number of carbonyl (C=O) groups is 1. The second kappa shape index (κ2) is 9.25. The summed E-state index contributed by atoms with van der Waals surface area (Å²) in [4.78, 5) is 15.0. The first-order valence-electron chi connectivity index (χ1n) is 10.1. The molecule has 1 amide bonds. The van der Waals surface area contributed by atoms with Crippen molar-refractivity contribution in [2.75, 3.05) is 6.54 Å². The van der Waals surface area contributed by atoms with Gasteiger partial charge in [-0.3, -0.25) is 9.69 Å². The van der Waals surface area contributed by atoms with E-state index in [0.717, 1.165) is 35.5 Å². The first-order chi connectivity index (χ1) is 14.2. The SMILES string of the molecule is O=C(NCc1ccc(-c2ccccc2)cc1)C1CCCN1Cc1ccccc1Cl. The number of carbonyl (C=O) groups excluding carboxylic acids is 1. The number of halogens is 1. The highest BCUT2D eigenvalue weighted by atomic mass is 35.5. The third-order valence-electron chi connectivity index (χ3n) is 5.53. The van der Waals surface area contributed by atoms with E-state index in [1.54, 1.807) is 0 Å². The van der Waals surface area contributed by atoms with Gasteiger partial charge in [0, 0.05) is 18.1 Å². The molecule has 1 fully saturated rings.